The molecule has 1 rings (SSSR count). The summed E-state index contributed by atoms with van der Waals surface area (Å²) >= 11 is 0. The first-order valence-corrected chi connectivity index (χ1v) is 3.68. The smallest absolute Gasteiger partial charge is 0.0811 e. The fourth-order valence-corrected chi connectivity index (χ4v) is 0.964. The van der Waals surface area contributed by atoms with Crippen LogP contribution in [0.25, 0.3) is 0 Å². The van der Waals surface area contributed by atoms with Crippen molar-refractivity contribution in [2.75, 3.05) is 6.61 Å². The van der Waals surface area contributed by atoms with Gasteiger partial charge in [-0.05, 0) is 5.56 Å². The van der Waals surface area contributed by atoms with E-state index in [-0.39, 0.29) is 12.1 Å². The average Bonchev–Trinajstić information content (AvgIpc) is 2.07. The Kier molecular flexibility index (Phi) is 5.28. The molecule has 0 aliphatic heterocycles. The van der Waals surface area contributed by atoms with E-state index < -0.39 is 6.10 Å². The van der Waals surface area contributed by atoms with Crippen molar-refractivity contribution in [3.8, 4) is 0 Å². The minimum Gasteiger partial charge on any atom is -0.412 e. The van der Waals surface area contributed by atoms with Crippen molar-refractivity contribution < 1.29 is 15.7 Å². The highest BCUT2D eigenvalue weighted by atomic mass is 16.3. The lowest BCUT2D eigenvalue weighted by molar-refractivity contribution is 0.134. The summed E-state index contributed by atoms with van der Waals surface area (Å²) in [5.74, 6) is 0. The van der Waals surface area contributed by atoms with Crippen LogP contribution in [-0.2, 0) is 0 Å². The Labute approximate surface area is 71.6 Å². The summed E-state index contributed by atoms with van der Waals surface area (Å²) in [7, 11) is 0. The highest BCUT2D eigenvalue weighted by molar-refractivity contribution is 5.16. The molecule has 1 aromatic carbocycles. The van der Waals surface area contributed by atoms with Crippen molar-refractivity contribution in [2.24, 2.45) is 0 Å². The lowest BCUT2D eigenvalue weighted by atomic mass is 10.1. The molecule has 3 heteroatoms. The van der Waals surface area contributed by atoms with E-state index in [1.165, 1.54) is 0 Å². The molecule has 0 spiro atoms. The van der Waals surface area contributed by atoms with Crippen LogP contribution in [0.15, 0.2) is 30.3 Å². The largest absolute Gasteiger partial charge is 0.412 e. The van der Waals surface area contributed by atoms with Gasteiger partial charge in [0.15, 0.2) is 0 Å². The number of aliphatic hydroxyl groups excluding tert-OH is 2. The van der Waals surface area contributed by atoms with Gasteiger partial charge in [0.25, 0.3) is 0 Å². The van der Waals surface area contributed by atoms with Gasteiger partial charge >= 0.3 is 0 Å². The van der Waals surface area contributed by atoms with Crippen molar-refractivity contribution in [1.29, 1.82) is 0 Å². The van der Waals surface area contributed by atoms with Crippen molar-refractivity contribution >= 4 is 0 Å². The number of hydrogen-bond acceptors (Lipinski definition) is 2. The van der Waals surface area contributed by atoms with E-state index >= 15 is 0 Å². The average molecular weight is 170 g/mol. The number of rotatable bonds is 3. The maximum atomic E-state index is 9.36. The maximum absolute atomic E-state index is 9.36. The molecule has 4 N–H and O–H groups in total. The van der Waals surface area contributed by atoms with Gasteiger partial charge in [-0.25, -0.2) is 0 Å². The molecule has 1 atom stereocenters. The lowest BCUT2D eigenvalue weighted by Crippen LogP contribution is -1.99. The fourth-order valence-electron chi connectivity index (χ4n) is 0.964. The molecule has 0 saturated heterocycles. The van der Waals surface area contributed by atoms with Crippen LogP contribution < -0.4 is 0 Å². The normalized spacial score (nSPS) is 11.8. The minimum absolute atomic E-state index is 0. The van der Waals surface area contributed by atoms with E-state index in [9.17, 15) is 5.11 Å². The molecule has 12 heavy (non-hydrogen) atoms. The van der Waals surface area contributed by atoms with Crippen LogP contribution in [-0.4, -0.2) is 22.3 Å². The fraction of sp³-hybridized carbons (Fsp3) is 0.333. The van der Waals surface area contributed by atoms with E-state index in [0.717, 1.165) is 5.56 Å². The zero-order valence-electron chi connectivity index (χ0n) is 6.77. The highest BCUT2D eigenvalue weighted by Crippen LogP contribution is 2.14. The molecule has 0 heterocycles. The molecular formula is C9H14O3. The first-order chi connectivity index (χ1) is 5.34. The molecular weight excluding hydrogens is 156 g/mol. The van der Waals surface area contributed by atoms with Gasteiger partial charge in [-0.1, -0.05) is 30.3 Å². The predicted octanol–water partition coefficient (Wildman–Crippen LogP) is 0.278. The van der Waals surface area contributed by atoms with E-state index in [1.807, 2.05) is 30.3 Å². The maximum Gasteiger partial charge on any atom is 0.0811 e. The van der Waals surface area contributed by atoms with Crippen LogP contribution in [0.5, 0.6) is 0 Å². The monoisotopic (exact) mass is 170 g/mol. The van der Waals surface area contributed by atoms with Gasteiger partial charge in [-0.15, -0.1) is 0 Å². The highest BCUT2D eigenvalue weighted by Gasteiger charge is 2.03. The lowest BCUT2D eigenvalue weighted by Gasteiger charge is -2.07. The van der Waals surface area contributed by atoms with E-state index in [1.54, 1.807) is 0 Å². The summed E-state index contributed by atoms with van der Waals surface area (Å²) in [5, 5.41) is 17.9. The molecule has 0 aromatic heterocycles. The van der Waals surface area contributed by atoms with E-state index in [4.69, 9.17) is 5.11 Å². The zero-order chi connectivity index (χ0) is 8.10. The van der Waals surface area contributed by atoms with Crippen LogP contribution >= 0.6 is 0 Å². The Bertz CT molecular complexity index is 198. The summed E-state index contributed by atoms with van der Waals surface area (Å²) in [6.07, 6.45) is -0.120. The second-order valence-electron chi connectivity index (χ2n) is 2.44. The quantitative estimate of drug-likeness (QED) is 0.683. The van der Waals surface area contributed by atoms with Crippen LogP contribution in [0.4, 0.5) is 0 Å². The Morgan fingerprint density at radius 1 is 1.17 bits per heavy atom. The molecule has 0 aliphatic carbocycles. The van der Waals surface area contributed by atoms with E-state index in [2.05, 4.69) is 0 Å². The molecule has 1 aromatic rings. The molecule has 0 amide bonds. The molecule has 3 nitrogen and oxygen atoms in total. The predicted molar refractivity (Wildman–Crippen MR) is 46.7 cm³/mol. The SMILES string of the molecule is O.OCCC(O)c1ccccc1. The van der Waals surface area contributed by atoms with Crippen molar-refractivity contribution in [1.82, 2.24) is 0 Å². The van der Waals surface area contributed by atoms with E-state index in [0.29, 0.717) is 6.42 Å². The van der Waals surface area contributed by atoms with Gasteiger partial charge < -0.3 is 15.7 Å². The van der Waals surface area contributed by atoms with Gasteiger partial charge in [0, 0.05) is 13.0 Å². The Balaban J connectivity index is 0.00000121. The minimum atomic E-state index is -0.527. The first kappa shape index (κ1) is 11.1. The van der Waals surface area contributed by atoms with Crippen LogP contribution in [0.2, 0.25) is 0 Å². The standard InChI is InChI=1S/C9H12O2.H2O/c10-7-6-9(11)8-4-2-1-3-5-8;/h1-5,9-11H,6-7H2;1H2. The number of benzene rings is 1. The third kappa shape index (κ3) is 3.00. The second kappa shape index (κ2) is 5.71. The second-order valence-corrected chi connectivity index (χ2v) is 2.44. The third-order valence-electron chi connectivity index (χ3n) is 1.59. The number of aliphatic hydroxyl groups is 2. The van der Waals surface area contributed by atoms with Gasteiger partial charge in [0.05, 0.1) is 6.10 Å². The molecule has 1 unspecified atom stereocenters. The van der Waals surface area contributed by atoms with Crippen LogP contribution in [0.3, 0.4) is 0 Å². The summed E-state index contributed by atoms with van der Waals surface area (Å²) in [5.41, 5.74) is 0.863. The molecule has 0 bridgehead atoms. The van der Waals surface area contributed by atoms with Crippen molar-refractivity contribution in [3.05, 3.63) is 35.9 Å². The zero-order valence-corrected chi connectivity index (χ0v) is 6.77. The molecule has 0 radical (unpaired) electrons. The van der Waals surface area contributed by atoms with Gasteiger partial charge in [-0.3, -0.25) is 0 Å². The van der Waals surface area contributed by atoms with Gasteiger partial charge in [0.1, 0.15) is 0 Å². The topological polar surface area (TPSA) is 72.0 Å². The van der Waals surface area contributed by atoms with Gasteiger partial charge in [0.2, 0.25) is 0 Å². The van der Waals surface area contributed by atoms with Crippen molar-refractivity contribution in [2.45, 2.75) is 12.5 Å². The number of hydrogen-bond donors (Lipinski definition) is 2. The molecule has 0 fully saturated rings. The van der Waals surface area contributed by atoms with Crippen LogP contribution in [0.1, 0.15) is 18.1 Å². The Morgan fingerprint density at radius 3 is 2.25 bits per heavy atom. The molecule has 0 saturated carbocycles. The summed E-state index contributed by atoms with van der Waals surface area (Å²) in [4.78, 5) is 0. The Hall–Kier alpha value is -0.900. The third-order valence-corrected chi connectivity index (χ3v) is 1.59. The summed E-state index contributed by atoms with van der Waals surface area (Å²) in [6.45, 7) is 0.0239. The first-order valence-electron chi connectivity index (χ1n) is 3.68. The summed E-state index contributed by atoms with van der Waals surface area (Å²) < 4.78 is 0. The van der Waals surface area contributed by atoms with Crippen LogP contribution in [0, 0.1) is 0 Å². The van der Waals surface area contributed by atoms with Crippen molar-refractivity contribution in [3.63, 3.8) is 0 Å². The molecule has 68 valence electrons. The van der Waals surface area contributed by atoms with Gasteiger partial charge in [-0.2, -0.15) is 0 Å². The molecule has 0 aliphatic rings. The summed E-state index contributed by atoms with van der Waals surface area (Å²) in [6, 6.07) is 9.33. The Morgan fingerprint density at radius 2 is 1.75 bits per heavy atom.